The quantitative estimate of drug-likeness (QED) is 0.541. The van der Waals surface area contributed by atoms with Gasteiger partial charge in [0.25, 0.3) is 5.91 Å². The zero-order chi connectivity index (χ0) is 22.5. The van der Waals surface area contributed by atoms with Gasteiger partial charge in [-0.3, -0.25) is 24.1 Å². The zero-order valence-corrected chi connectivity index (χ0v) is 16.8. The Kier molecular flexibility index (Phi) is 5.45. The van der Waals surface area contributed by atoms with Crippen LogP contribution in [0.2, 0.25) is 5.02 Å². The number of rotatable bonds is 5. The predicted octanol–water partition coefficient (Wildman–Crippen LogP) is 2.87. The van der Waals surface area contributed by atoms with Crippen LogP contribution in [-0.2, 0) is 30.1 Å². The van der Waals surface area contributed by atoms with Gasteiger partial charge in [-0.2, -0.15) is 13.2 Å². The Morgan fingerprint density at radius 2 is 1.74 bits per heavy atom. The summed E-state index contributed by atoms with van der Waals surface area (Å²) in [6, 6.07) is 2.42. The molecule has 0 unspecified atom stereocenters. The van der Waals surface area contributed by atoms with Gasteiger partial charge in [0.2, 0.25) is 11.8 Å². The molecule has 0 radical (unpaired) electrons. The van der Waals surface area contributed by atoms with Crippen molar-refractivity contribution in [1.29, 1.82) is 0 Å². The predicted molar refractivity (Wildman–Crippen MR) is 101 cm³/mol. The van der Waals surface area contributed by atoms with Crippen LogP contribution in [-0.4, -0.2) is 41.7 Å². The molecule has 0 spiro atoms. The van der Waals surface area contributed by atoms with E-state index in [2.05, 4.69) is 5.32 Å². The molecule has 1 aromatic carbocycles. The number of benzene rings is 1. The van der Waals surface area contributed by atoms with Crippen LogP contribution >= 0.6 is 11.6 Å². The van der Waals surface area contributed by atoms with Gasteiger partial charge in [-0.25, -0.2) is 0 Å². The van der Waals surface area contributed by atoms with Crippen molar-refractivity contribution in [3.63, 3.8) is 0 Å². The molecular formula is C20H18ClF3N2O5. The van der Waals surface area contributed by atoms with E-state index in [1.807, 2.05) is 0 Å². The smallest absolute Gasteiger partial charge is 0.416 e. The Morgan fingerprint density at radius 1 is 1.13 bits per heavy atom. The number of amides is 3. The Labute approximate surface area is 179 Å². The summed E-state index contributed by atoms with van der Waals surface area (Å²) in [5.41, 5.74) is -1.29. The standard InChI is InChI=1S/C20H18ClF3N2O5/c21-12-4-3-11(20(22,23)24)6-13(12)25-14(27)8-31-15(28)7-26-18(29)16-9-1-2-10(5-9)17(16)19(26)30/h3-4,6,9-10,16-17H,1-2,5,7-8H2,(H,25,27)/t9-,10-,16-,17+/m0/s1. The topological polar surface area (TPSA) is 92.8 Å². The zero-order valence-electron chi connectivity index (χ0n) is 16.1. The van der Waals surface area contributed by atoms with E-state index in [1.165, 1.54) is 0 Å². The van der Waals surface area contributed by atoms with Crippen LogP contribution in [0.3, 0.4) is 0 Å². The van der Waals surface area contributed by atoms with Crippen molar-refractivity contribution in [3.8, 4) is 0 Å². The minimum atomic E-state index is -4.62. The molecule has 2 aliphatic carbocycles. The molecule has 1 heterocycles. The lowest BCUT2D eigenvalue weighted by Crippen LogP contribution is -2.38. The fourth-order valence-corrected chi connectivity index (χ4v) is 5.10. The summed E-state index contributed by atoms with van der Waals surface area (Å²) < 4.78 is 43.2. The number of fused-ring (bicyclic) bond motifs is 5. The van der Waals surface area contributed by atoms with Gasteiger partial charge in [-0.1, -0.05) is 11.6 Å². The molecule has 3 fully saturated rings. The van der Waals surface area contributed by atoms with Crippen molar-refractivity contribution in [3.05, 3.63) is 28.8 Å². The summed E-state index contributed by atoms with van der Waals surface area (Å²) in [6.45, 7) is -1.40. The SMILES string of the molecule is O=C(COC(=O)CN1C(=O)[C@@H]2[C@H]3CC[C@@H](C3)[C@@H]2C1=O)Nc1cc(C(F)(F)F)ccc1Cl. The van der Waals surface area contributed by atoms with E-state index in [9.17, 15) is 32.3 Å². The van der Waals surface area contributed by atoms with Crippen LogP contribution < -0.4 is 5.32 Å². The van der Waals surface area contributed by atoms with Crippen LogP contribution in [0.15, 0.2) is 18.2 Å². The number of hydrogen-bond acceptors (Lipinski definition) is 5. The largest absolute Gasteiger partial charge is 0.454 e. The van der Waals surface area contributed by atoms with Gasteiger partial charge in [0.1, 0.15) is 6.54 Å². The van der Waals surface area contributed by atoms with E-state index in [4.69, 9.17) is 16.3 Å². The van der Waals surface area contributed by atoms with Crippen LogP contribution in [0.5, 0.6) is 0 Å². The molecule has 1 aliphatic heterocycles. The van der Waals surface area contributed by atoms with Crippen LogP contribution in [0.4, 0.5) is 18.9 Å². The van der Waals surface area contributed by atoms with Gasteiger partial charge in [0, 0.05) is 0 Å². The van der Waals surface area contributed by atoms with E-state index in [0.717, 1.165) is 36.3 Å². The fourth-order valence-electron chi connectivity index (χ4n) is 4.93. The lowest BCUT2D eigenvalue weighted by molar-refractivity contribution is -0.154. The van der Waals surface area contributed by atoms with Crippen molar-refractivity contribution >= 4 is 41.0 Å². The molecule has 1 aromatic rings. The van der Waals surface area contributed by atoms with Gasteiger partial charge in [0.05, 0.1) is 28.1 Å². The summed E-state index contributed by atoms with van der Waals surface area (Å²) in [4.78, 5) is 50.1. The lowest BCUT2D eigenvalue weighted by atomic mass is 9.81. The Hall–Kier alpha value is -2.62. The molecule has 0 aromatic heterocycles. The molecule has 11 heteroatoms. The van der Waals surface area contributed by atoms with Crippen molar-refractivity contribution in [1.82, 2.24) is 4.90 Å². The molecule has 7 nitrogen and oxygen atoms in total. The van der Waals surface area contributed by atoms with Crippen molar-refractivity contribution in [2.24, 2.45) is 23.7 Å². The summed E-state index contributed by atoms with van der Waals surface area (Å²) in [7, 11) is 0. The summed E-state index contributed by atoms with van der Waals surface area (Å²) in [6.07, 6.45) is -1.95. The van der Waals surface area contributed by atoms with E-state index in [-0.39, 0.29) is 46.2 Å². The first-order valence-corrected chi connectivity index (χ1v) is 10.1. The second-order valence-electron chi connectivity index (χ2n) is 8.05. The monoisotopic (exact) mass is 458 g/mol. The minimum absolute atomic E-state index is 0.123. The maximum atomic E-state index is 12.8. The third kappa shape index (κ3) is 4.00. The molecule has 1 saturated heterocycles. The molecule has 3 amide bonds. The molecular weight excluding hydrogens is 441 g/mol. The van der Waals surface area contributed by atoms with E-state index in [0.29, 0.717) is 6.07 Å². The van der Waals surface area contributed by atoms with Crippen LogP contribution in [0.25, 0.3) is 0 Å². The van der Waals surface area contributed by atoms with Gasteiger partial charge in [-0.05, 0) is 49.3 Å². The van der Waals surface area contributed by atoms with E-state index >= 15 is 0 Å². The highest BCUT2D eigenvalue weighted by atomic mass is 35.5. The number of halogens is 4. The number of anilines is 1. The summed E-state index contributed by atoms with van der Waals surface area (Å²) in [5, 5.41) is 2.02. The van der Waals surface area contributed by atoms with Gasteiger partial charge in [-0.15, -0.1) is 0 Å². The number of esters is 1. The minimum Gasteiger partial charge on any atom is -0.454 e. The summed E-state index contributed by atoms with van der Waals surface area (Å²) in [5.74, 6) is -3.01. The average Bonchev–Trinajstić information content (AvgIpc) is 3.37. The number of hydrogen-bond donors (Lipinski definition) is 1. The highest BCUT2D eigenvalue weighted by Crippen LogP contribution is 2.56. The molecule has 1 N–H and O–H groups in total. The number of likely N-dealkylation sites (tertiary alicyclic amines) is 1. The second kappa shape index (κ2) is 7.81. The van der Waals surface area contributed by atoms with E-state index < -0.39 is 36.8 Å². The third-order valence-corrected chi connectivity index (χ3v) is 6.57. The molecule has 31 heavy (non-hydrogen) atoms. The highest BCUT2D eigenvalue weighted by molar-refractivity contribution is 6.33. The Balaban J connectivity index is 1.31. The molecule has 2 saturated carbocycles. The first-order chi connectivity index (χ1) is 14.6. The fraction of sp³-hybridized carbons (Fsp3) is 0.500. The number of imide groups is 1. The second-order valence-corrected chi connectivity index (χ2v) is 8.46. The number of carbonyl (C=O) groups excluding carboxylic acids is 4. The van der Waals surface area contributed by atoms with Crippen molar-refractivity contribution in [2.45, 2.75) is 25.4 Å². The van der Waals surface area contributed by atoms with E-state index in [1.54, 1.807) is 0 Å². The van der Waals surface area contributed by atoms with Crippen LogP contribution in [0, 0.1) is 23.7 Å². The number of nitrogens with one attached hydrogen (secondary N) is 1. The first kappa shape index (κ1) is 21.6. The molecule has 166 valence electrons. The van der Waals surface area contributed by atoms with Gasteiger partial charge in [0.15, 0.2) is 6.61 Å². The first-order valence-electron chi connectivity index (χ1n) is 9.73. The lowest BCUT2D eigenvalue weighted by Gasteiger charge is -2.19. The maximum Gasteiger partial charge on any atom is 0.416 e. The number of ether oxygens (including phenoxy) is 1. The van der Waals surface area contributed by atoms with Crippen molar-refractivity contribution in [2.75, 3.05) is 18.5 Å². The number of carbonyl (C=O) groups is 4. The summed E-state index contributed by atoms with van der Waals surface area (Å²) >= 11 is 5.80. The maximum absolute atomic E-state index is 12.8. The Bertz CT molecular complexity index is 939. The van der Waals surface area contributed by atoms with Gasteiger partial charge >= 0.3 is 12.1 Å². The Morgan fingerprint density at radius 3 is 2.32 bits per heavy atom. The highest BCUT2D eigenvalue weighted by Gasteiger charge is 2.61. The third-order valence-electron chi connectivity index (χ3n) is 6.24. The molecule has 4 atom stereocenters. The molecule has 3 aliphatic rings. The van der Waals surface area contributed by atoms with Crippen molar-refractivity contribution < 1.29 is 37.1 Å². The number of alkyl halides is 3. The molecule has 2 bridgehead atoms. The van der Waals surface area contributed by atoms with Crippen LogP contribution in [0.1, 0.15) is 24.8 Å². The average molecular weight is 459 g/mol. The molecule has 4 rings (SSSR count). The van der Waals surface area contributed by atoms with Gasteiger partial charge < -0.3 is 10.1 Å². The normalized spacial score (nSPS) is 26.9. The number of nitrogens with zero attached hydrogens (tertiary/aromatic N) is 1.